The van der Waals surface area contributed by atoms with Gasteiger partial charge >= 0.3 is 0 Å². The molecule has 0 N–H and O–H groups in total. The standard InChI is InChI=1S/C19H18F2N2O2/c1-12-6-16-18(25-12)10-17(19(24)22-4-2-3-5-22)23(16)11-13-7-14(20)9-15(21)8-13/h6-10H,2-5,11H2,1H3. The van der Waals surface area contributed by atoms with Gasteiger partial charge in [0.05, 0.1) is 5.52 Å². The Balaban J connectivity index is 1.79. The molecule has 0 atom stereocenters. The molecule has 4 rings (SSSR count). The Labute approximate surface area is 143 Å². The van der Waals surface area contributed by atoms with Gasteiger partial charge in [0, 0.05) is 37.8 Å². The minimum absolute atomic E-state index is 0.0709. The van der Waals surface area contributed by atoms with E-state index in [1.807, 2.05) is 17.9 Å². The van der Waals surface area contributed by atoms with E-state index in [0.29, 0.717) is 16.8 Å². The number of furan rings is 1. The van der Waals surface area contributed by atoms with Crippen molar-refractivity contribution in [1.29, 1.82) is 0 Å². The monoisotopic (exact) mass is 344 g/mol. The Morgan fingerprint density at radius 3 is 2.44 bits per heavy atom. The number of rotatable bonds is 3. The molecule has 3 heterocycles. The molecule has 0 bridgehead atoms. The molecule has 25 heavy (non-hydrogen) atoms. The summed E-state index contributed by atoms with van der Waals surface area (Å²) >= 11 is 0. The molecule has 6 heteroatoms. The van der Waals surface area contributed by atoms with Gasteiger partial charge in [-0.25, -0.2) is 8.78 Å². The van der Waals surface area contributed by atoms with Crippen LogP contribution in [0.1, 0.15) is 34.7 Å². The van der Waals surface area contributed by atoms with E-state index in [9.17, 15) is 13.6 Å². The first-order chi connectivity index (χ1) is 12.0. The number of aromatic nitrogens is 1. The zero-order valence-electron chi connectivity index (χ0n) is 13.9. The van der Waals surface area contributed by atoms with Crippen LogP contribution in [0.4, 0.5) is 8.78 Å². The van der Waals surface area contributed by atoms with Crippen LogP contribution in [0.25, 0.3) is 11.1 Å². The molecule has 130 valence electrons. The summed E-state index contributed by atoms with van der Waals surface area (Å²) < 4.78 is 34.5. The number of fused-ring (bicyclic) bond motifs is 1. The maximum absolute atomic E-state index is 13.5. The summed E-state index contributed by atoms with van der Waals surface area (Å²) in [6.07, 6.45) is 1.99. The SMILES string of the molecule is Cc1cc2c(cc(C(=O)N3CCCC3)n2Cc2cc(F)cc(F)c2)o1. The smallest absolute Gasteiger partial charge is 0.270 e. The summed E-state index contributed by atoms with van der Waals surface area (Å²) in [7, 11) is 0. The van der Waals surface area contributed by atoms with Gasteiger partial charge in [-0.15, -0.1) is 0 Å². The van der Waals surface area contributed by atoms with E-state index < -0.39 is 11.6 Å². The van der Waals surface area contributed by atoms with E-state index in [1.54, 1.807) is 10.6 Å². The van der Waals surface area contributed by atoms with E-state index in [4.69, 9.17) is 4.42 Å². The lowest BCUT2D eigenvalue weighted by Gasteiger charge is -2.17. The van der Waals surface area contributed by atoms with Crippen LogP contribution in [0.2, 0.25) is 0 Å². The summed E-state index contributed by atoms with van der Waals surface area (Å²) in [5, 5.41) is 0. The first-order valence-electron chi connectivity index (χ1n) is 8.35. The van der Waals surface area contributed by atoms with Gasteiger partial charge in [-0.05, 0) is 37.5 Å². The molecule has 0 unspecified atom stereocenters. The Hall–Kier alpha value is -2.63. The van der Waals surface area contributed by atoms with Gasteiger partial charge in [-0.3, -0.25) is 4.79 Å². The first-order valence-corrected chi connectivity index (χ1v) is 8.35. The van der Waals surface area contributed by atoms with E-state index in [-0.39, 0.29) is 12.5 Å². The fourth-order valence-electron chi connectivity index (χ4n) is 3.48. The molecular weight excluding hydrogens is 326 g/mol. The van der Waals surface area contributed by atoms with E-state index in [2.05, 4.69) is 0 Å². The molecule has 1 aromatic carbocycles. The zero-order valence-corrected chi connectivity index (χ0v) is 13.9. The molecule has 0 aliphatic carbocycles. The highest BCUT2D eigenvalue weighted by Gasteiger charge is 2.25. The number of hydrogen-bond acceptors (Lipinski definition) is 2. The van der Waals surface area contributed by atoms with Gasteiger partial charge in [0.15, 0.2) is 5.58 Å². The number of carbonyl (C=O) groups excluding carboxylic acids is 1. The molecule has 3 aromatic rings. The summed E-state index contributed by atoms with van der Waals surface area (Å²) in [5.41, 5.74) is 2.31. The van der Waals surface area contributed by atoms with Gasteiger partial charge in [-0.2, -0.15) is 0 Å². The number of likely N-dealkylation sites (tertiary alicyclic amines) is 1. The van der Waals surface area contributed by atoms with Crippen LogP contribution in [-0.4, -0.2) is 28.5 Å². The van der Waals surface area contributed by atoms with Crippen molar-refractivity contribution < 1.29 is 18.0 Å². The second-order valence-electron chi connectivity index (χ2n) is 6.50. The molecule has 1 saturated heterocycles. The van der Waals surface area contributed by atoms with Crippen molar-refractivity contribution in [1.82, 2.24) is 9.47 Å². The van der Waals surface area contributed by atoms with Gasteiger partial charge in [-0.1, -0.05) is 0 Å². The highest BCUT2D eigenvalue weighted by molar-refractivity contribution is 5.97. The number of amides is 1. The third kappa shape index (κ3) is 2.92. The lowest BCUT2D eigenvalue weighted by molar-refractivity contribution is 0.0783. The van der Waals surface area contributed by atoms with E-state index in [1.165, 1.54) is 12.1 Å². The van der Waals surface area contributed by atoms with Crippen LogP contribution < -0.4 is 0 Å². The number of aryl methyl sites for hydroxylation is 1. The van der Waals surface area contributed by atoms with E-state index in [0.717, 1.165) is 43.3 Å². The lowest BCUT2D eigenvalue weighted by atomic mass is 10.2. The van der Waals surface area contributed by atoms with Crippen LogP contribution >= 0.6 is 0 Å². The van der Waals surface area contributed by atoms with Gasteiger partial charge < -0.3 is 13.9 Å². The highest BCUT2D eigenvalue weighted by atomic mass is 19.1. The predicted molar refractivity (Wildman–Crippen MR) is 89.5 cm³/mol. The summed E-state index contributed by atoms with van der Waals surface area (Å²) in [6, 6.07) is 6.97. The summed E-state index contributed by atoms with van der Waals surface area (Å²) in [4.78, 5) is 14.7. The maximum Gasteiger partial charge on any atom is 0.270 e. The molecule has 2 aromatic heterocycles. The van der Waals surface area contributed by atoms with Crippen molar-refractivity contribution in [3.8, 4) is 0 Å². The normalized spacial score (nSPS) is 14.6. The van der Waals surface area contributed by atoms with Gasteiger partial charge in [0.25, 0.3) is 5.91 Å². The van der Waals surface area contributed by atoms with Gasteiger partial charge in [0.1, 0.15) is 23.1 Å². The van der Waals surface area contributed by atoms with Gasteiger partial charge in [0.2, 0.25) is 0 Å². The minimum Gasteiger partial charge on any atom is -0.460 e. The molecule has 1 aliphatic rings. The van der Waals surface area contributed by atoms with Crippen LogP contribution in [0.15, 0.2) is 34.7 Å². The number of benzene rings is 1. The van der Waals surface area contributed by atoms with Crippen molar-refractivity contribution in [3.05, 3.63) is 59.0 Å². The predicted octanol–water partition coefficient (Wildman–Crippen LogP) is 4.11. The third-order valence-corrected chi connectivity index (χ3v) is 4.59. The van der Waals surface area contributed by atoms with Crippen molar-refractivity contribution in [2.45, 2.75) is 26.3 Å². The van der Waals surface area contributed by atoms with Crippen LogP contribution in [0.3, 0.4) is 0 Å². The molecular formula is C19H18F2N2O2. The Kier molecular flexibility index (Phi) is 3.82. The van der Waals surface area contributed by atoms with Crippen molar-refractivity contribution in [2.75, 3.05) is 13.1 Å². The fraction of sp³-hybridized carbons (Fsp3) is 0.316. The molecule has 1 fully saturated rings. The Morgan fingerprint density at radius 1 is 1.08 bits per heavy atom. The van der Waals surface area contributed by atoms with Crippen LogP contribution in [0, 0.1) is 18.6 Å². The Morgan fingerprint density at radius 2 is 1.76 bits per heavy atom. The number of hydrogen-bond donors (Lipinski definition) is 0. The number of nitrogens with zero attached hydrogens (tertiary/aromatic N) is 2. The molecule has 0 spiro atoms. The summed E-state index contributed by atoms with van der Waals surface area (Å²) in [6.45, 7) is 3.50. The van der Waals surface area contributed by atoms with E-state index >= 15 is 0 Å². The highest BCUT2D eigenvalue weighted by Crippen LogP contribution is 2.27. The molecule has 1 aliphatic heterocycles. The van der Waals surface area contributed by atoms with Crippen LogP contribution in [0.5, 0.6) is 0 Å². The largest absolute Gasteiger partial charge is 0.460 e. The molecule has 0 radical (unpaired) electrons. The second kappa shape index (κ2) is 6.02. The van der Waals surface area contributed by atoms with Crippen molar-refractivity contribution in [2.24, 2.45) is 0 Å². The second-order valence-corrected chi connectivity index (χ2v) is 6.50. The molecule has 1 amide bonds. The maximum atomic E-state index is 13.5. The average molecular weight is 344 g/mol. The first kappa shape index (κ1) is 15.9. The number of carbonyl (C=O) groups is 1. The fourth-order valence-corrected chi connectivity index (χ4v) is 3.48. The van der Waals surface area contributed by atoms with Crippen molar-refractivity contribution >= 4 is 17.0 Å². The zero-order chi connectivity index (χ0) is 17.6. The quantitative estimate of drug-likeness (QED) is 0.717. The number of halogens is 2. The minimum atomic E-state index is -0.630. The van der Waals surface area contributed by atoms with Crippen LogP contribution in [-0.2, 0) is 6.54 Å². The average Bonchev–Trinajstić information content (AvgIpc) is 3.23. The lowest BCUT2D eigenvalue weighted by Crippen LogP contribution is -2.29. The topological polar surface area (TPSA) is 38.4 Å². The molecule has 0 saturated carbocycles. The Bertz CT molecular complexity index is 932. The summed E-state index contributed by atoms with van der Waals surface area (Å²) in [5.74, 6) is -0.605. The molecule has 4 nitrogen and oxygen atoms in total. The van der Waals surface area contributed by atoms with Crippen molar-refractivity contribution in [3.63, 3.8) is 0 Å². The third-order valence-electron chi connectivity index (χ3n) is 4.59.